The molecule has 0 aromatic rings. The third-order valence-electron chi connectivity index (χ3n) is 3.37. The molecule has 1 heterocycles. The van der Waals surface area contributed by atoms with E-state index in [1.54, 1.807) is 0 Å². The van der Waals surface area contributed by atoms with Crippen LogP contribution in [0.5, 0.6) is 0 Å². The molecule has 1 saturated heterocycles. The minimum atomic E-state index is 0.0581. The van der Waals surface area contributed by atoms with Gasteiger partial charge in [0.05, 0.1) is 4.83 Å². The van der Waals surface area contributed by atoms with E-state index in [-0.39, 0.29) is 10.7 Å². The van der Waals surface area contributed by atoms with Crippen molar-refractivity contribution in [3.8, 4) is 0 Å². The highest BCUT2D eigenvalue weighted by Gasteiger charge is 2.31. The molecule has 3 heteroatoms. The topological polar surface area (TPSA) is 20.3 Å². The highest BCUT2D eigenvalue weighted by molar-refractivity contribution is 9.10. The normalized spacial score (nSPS) is 27.6. The van der Waals surface area contributed by atoms with Crippen LogP contribution >= 0.6 is 15.9 Å². The zero-order valence-corrected chi connectivity index (χ0v) is 10.9. The van der Waals surface area contributed by atoms with Crippen LogP contribution in [-0.4, -0.2) is 28.2 Å². The summed E-state index contributed by atoms with van der Waals surface area (Å²) in [6.07, 6.45) is 3.25. The predicted octanol–water partition coefficient (Wildman–Crippen LogP) is 2.81. The molecule has 0 radical (unpaired) electrons. The summed E-state index contributed by atoms with van der Waals surface area (Å²) in [6.45, 7) is 7.50. The van der Waals surface area contributed by atoms with E-state index in [4.69, 9.17) is 0 Å². The highest BCUT2D eigenvalue weighted by atomic mass is 79.9. The number of carbonyl (C=O) groups is 1. The van der Waals surface area contributed by atoms with E-state index in [9.17, 15) is 4.79 Å². The van der Waals surface area contributed by atoms with E-state index in [1.807, 2.05) is 4.90 Å². The number of alkyl halides is 1. The van der Waals surface area contributed by atoms with Crippen LogP contribution in [-0.2, 0) is 4.79 Å². The zero-order chi connectivity index (χ0) is 10.7. The lowest BCUT2D eigenvalue weighted by atomic mass is 9.97. The van der Waals surface area contributed by atoms with Crippen LogP contribution in [0.3, 0.4) is 0 Å². The Hall–Kier alpha value is -0.0500. The van der Waals surface area contributed by atoms with E-state index in [0.717, 1.165) is 25.8 Å². The Kier molecular flexibility index (Phi) is 4.42. The minimum absolute atomic E-state index is 0.0581. The summed E-state index contributed by atoms with van der Waals surface area (Å²) >= 11 is 3.44. The molecular formula is C11H20BrNO. The van der Waals surface area contributed by atoms with Gasteiger partial charge in [0.25, 0.3) is 0 Å². The summed E-state index contributed by atoms with van der Waals surface area (Å²) in [5.74, 6) is 0.876. The van der Waals surface area contributed by atoms with Crippen molar-refractivity contribution in [1.29, 1.82) is 0 Å². The third-order valence-corrected chi connectivity index (χ3v) is 4.22. The number of hydrogen-bond acceptors (Lipinski definition) is 1. The van der Waals surface area contributed by atoms with Crippen molar-refractivity contribution in [2.45, 2.75) is 50.9 Å². The second kappa shape index (κ2) is 5.15. The van der Waals surface area contributed by atoms with Gasteiger partial charge in [0.2, 0.25) is 5.91 Å². The van der Waals surface area contributed by atoms with Crippen molar-refractivity contribution in [3.63, 3.8) is 0 Å². The maximum atomic E-state index is 11.9. The van der Waals surface area contributed by atoms with Crippen LogP contribution < -0.4 is 0 Å². The monoisotopic (exact) mass is 261 g/mol. The first kappa shape index (κ1) is 12.0. The summed E-state index contributed by atoms with van der Waals surface area (Å²) in [4.78, 5) is 14.0. The van der Waals surface area contributed by atoms with Gasteiger partial charge >= 0.3 is 0 Å². The van der Waals surface area contributed by atoms with E-state index in [2.05, 4.69) is 36.7 Å². The molecule has 0 aromatic heterocycles. The Morgan fingerprint density at radius 3 is 2.79 bits per heavy atom. The minimum Gasteiger partial charge on any atom is -0.339 e. The lowest BCUT2D eigenvalue weighted by Crippen LogP contribution is -2.48. The average molecular weight is 262 g/mol. The zero-order valence-electron chi connectivity index (χ0n) is 9.29. The fourth-order valence-electron chi connectivity index (χ4n) is 1.91. The number of nitrogens with zero attached hydrogens (tertiary/aromatic N) is 1. The second-order valence-corrected chi connectivity index (χ2v) is 5.37. The fourth-order valence-corrected chi connectivity index (χ4v) is 2.49. The molecule has 3 atom stereocenters. The standard InChI is InChI=1S/C11H20BrNO/c1-4-8(2)9(3)13-7-5-6-10(12)11(13)14/h8-10H,4-7H2,1-3H3. The summed E-state index contributed by atoms with van der Waals surface area (Å²) in [7, 11) is 0. The van der Waals surface area contributed by atoms with Crippen LogP contribution in [0, 0.1) is 5.92 Å². The maximum Gasteiger partial charge on any atom is 0.236 e. The van der Waals surface area contributed by atoms with Gasteiger partial charge in [0.1, 0.15) is 0 Å². The molecule has 0 N–H and O–H groups in total. The van der Waals surface area contributed by atoms with E-state index >= 15 is 0 Å². The summed E-state index contributed by atoms with van der Waals surface area (Å²) in [6, 6.07) is 0.382. The van der Waals surface area contributed by atoms with Gasteiger partial charge in [-0.2, -0.15) is 0 Å². The van der Waals surface area contributed by atoms with Crippen molar-refractivity contribution >= 4 is 21.8 Å². The van der Waals surface area contributed by atoms with Crippen molar-refractivity contribution in [2.75, 3.05) is 6.54 Å². The number of likely N-dealkylation sites (tertiary alicyclic amines) is 1. The Labute approximate surface area is 95.2 Å². The van der Waals surface area contributed by atoms with Crippen molar-refractivity contribution in [2.24, 2.45) is 5.92 Å². The molecule has 2 nitrogen and oxygen atoms in total. The lowest BCUT2D eigenvalue weighted by Gasteiger charge is -2.37. The number of rotatable bonds is 3. The van der Waals surface area contributed by atoms with Gasteiger partial charge in [-0.25, -0.2) is 0 Å². The maximum absolute atomic E-state index is 11.9. The second-order valence-electron chi connectivity index (χ2n) is 4.27. The first-order chi connectivity index (χ1) is 6.57. The van der Waals surface area contributed by atoms with Gasteiger partial charge in [-0.05, 0) is 25.7 Å². The van der Waals surface area contributed by atoms with Crippen molar-refractivity contribution in [1.82, 2.24) is 4.90 Å². The summed E-state index contributed by atoms with van der Waals surface area (Å²) < 4.78 is 0. The van der Waals surface area contributed by atoms with Gasteiger partial charge < -0.3 is 4.90 Å². The fraction of sp³-hybridized carbons (Fsp3) is 0.909. The Balaban J connectivity index is 2.61. The van der Waals surface area contributed by atoms with Crippen molar-refractivity contribution < 1.29 is 4.79 Å². The molecule has 1 aliphatic rings. The largest absolute Gasteiger partial charge is 0.339 e. The summed E-state index contributed by atoms with van der Waals surface area (Å²) in [5.41, 5.74) is 0. The number of carbonyl (C=O) groups excluding carboxylic acids is 1. The van der Waals surface area contributed by atoms with Crippen LogP contribution in [0.2, 0.25) is 0 Å². The first-order valence-electron chi connectivity index (χ1n) is 5.52. The van der Waals surface area contributed by atoms with Crippen LogP contribution in [0.1, 0.15) is 40.0 Å². The Morgan fingerprint density at radius 1 is 1.57 bits per heavy atom. The van der Waals surface area contributed by atoms with E-state index in [0.29, 0.717) is 12.0 Å². The van der Waals surface area contributed by atoms with Gasteiger partial charge in [-0.3, -0.25) is 4.79 Å². The quantitative estimate of drug-likeness (QED) is 0.716. The van der Waals surface area contributed by atoms with Gasteiger partial charge in [0, 0.05) is 12.6 Å². The average Bonchev–Trinajstić information content (AvgIpc) is 2.20. The molecule has 0 aliphatic carbocycles. The molecule has 82 valence electrons. The molecular weight excluding hydrogens is 242 g/mol. The number of halogens is 1. The molecule has 0 bridgehead atoms. The molecule has 1 aliphatic heterocycles. The van der Waals surface area contributed by atoms with Gasteiger partial charge in [-0.1, -0.05) is 36.2 Å². The first-order valence-corrected chi connectivity index (χ1v) is 6.44. The third kappa shape index (κ3) is 2.50. The van der Waals surface area contributed by atoms with Gasteiger partial charge in [-0.15, -0.1) is 0 Å². The molecule has 3 unspecified atom stereocenters. The Bertz CT molecular complexity index is 207. The van der Waals surface area contributed by atoms with Crippen LogP contribution in [0.4, 0.5) is 0 Å². The number of piperidine rings is 1. The smallest absolute Gasteiger partial charge is 0.236 e. The molecule has 0 aromatic carbocycles. The highest BCUT2D eigenvalue weighted by Crippen LogP contribution is 2.23. The van der Waals surface area contributed by atoms with Crippen LogP contribution in [0.25, 0.3) is 0 Å². The molecule has 0 saturated carbocycles. The van der Waals surface area contributed by atoms with Gasteiger partial charge in [0.15, 0.2) is 0 Å². The molecule has 1 rings (SSSR count). The van der Waals surface area contributed by atoms with Crippen molar-refractivity contribution in [3.05, 3.63) is 0 Å². The molecule has 0 spiro atoms. The molecule has 1 fully saturated rings. The van der Waals surface area contributed by atoms with E-state index < -0.39 is 0 Å². The predicted molar refractivity (Wildman–Crippen MR) is 62.6 cm³/mol. The SMILES string of the molecule is CCC(C)C(C)N1CCCC(Br)C1=O. The molecule has 1 amide bonds. The number of amides is 1. The number of hydrogen-bond donors (Lipinski definition) is 0. The van der Waals surface area contributed by atoms with Crippen LogP contribution in [0.15, 0.2) is 0 Å². The summed E-state index contributed by atoms with van der Waals surface area (Å²) in [5, 5.41) is 0. The lowest BCUT2D eigenvalue weighted by molar-refractivity contribution is -0.135. The van der Waals surface area contributed by atoms with E-state index in [1.165, 1.54) is 0 Å². The Morgan fingerprint density at radius 2 is 2.21 bits per heavy atom. The molecule has 14 heavy (non-hydrogen) atoms.